The Balaban J connectivity index is 1.17. The highest BCUT2D eigenvalue weighted by atomic mass is 32.2. The van der Waals surface area contributed by atoms with Crippen molar-refractivity contribution in [3.05, 3.63) is 47.5 Å². The number of likely N-dealkylation sites (tertiary alicyclic amines) is 1. The summed E-state index contributed by atoms with van der Waals surface area (Å²) in [6, 6.07) is 3.69. The van der Waals surface area contributed by atoms with Gasteiger partial charge in [0.05, 0.1) is 12.1 Å². The molecular formula is C36H49N5O9S. The van der Waals surface area contributed by atoms with E-state index in [4.69, 9.17) is 10.6 Å². The molecule has 14 nitrogen and oxygen atoms in total. The third-order valence-corrected chi connectivity index (χ3v) is 10.8. The third-order valence-electron chi connectivity index (χ3n) is 9.80. The minimum atomic E-state index is -4.42. The Kier molecular flexibility index (Phi) is 13.6. The number of unbranched alkanes of at least 4 members (excludes halogenated alkanes) is 4. The molecule has 51 heavy (non-hydrogen) atoms. The molecule has 1 aromatic carbocycles. The molecule has 4 N–H and O–H groups in total. The standard InChI is InChI=1S/C36H49N5O9S/c1-4-13-29(33(44)39-51(48,49)50-36(6-3)18-19-36)38-34(45)30-20-25(5-2)22-41(30)32(43)21-37-31(42)17-11-9-7-8-10-14-26-15-12-16-27-23-40(35(46)47)24-28(26)27/h2,4,12,15-16,25,29-30H,1,6-11,13-14,17-24H2,3H3,(H,37,42)(H,38,45)(H,39,44)(H,46,47). The summed E-state index contributed by atoms with van der Waals surface area (Å²) in [5, 5.41) is 14.5. The summed E-state index contributed by atoms with van der Waals surface area (Å²) in [7, 11) is -4.42. The lowest BCUT2D eigenvalue weighted by Crippen LogP contribution is -2.54. The van der Waals surface area contributed by atoms with E-state index >= 15 is 0 Å². The number of amides is 5. The molecule has 0 radical (unpaired) electrons. The highest BCUT2D eigenvalue weighted by Crippen LogP contribution is 2.43. The molecule has 1 saturated carbocycles. The van der Waals surface area contributed by atoms with Crippen molar-refractivity contribution >= 4 is 40.0 Å². The van der Waals surface area contributed by atoms with Crippen LogP contribution in [0, 0.1) is 18.3 Å². The van der Waals surface area contributed by atoms with E-state index in [1.165, 1.54) is 21.4 Å². The molecule has 15 heteroatoms. The Hall–Kier alpha value is -4.42. The van der Waals surface area contributed by atoms with Crippen molar-refractivity contribution in [1.29, 1.82) is 0 Å². The second kappa shape index (κ2) is 17.7. The topological polar surface area (TPSA) is 192 Å². The van der Waals surface area contributed by atoms with E-state index in [0.717, 1.165) is 43.2 Å². The number of fused-ring (bicyclic) bond motifs is 1. The van der Waals surface area contributed by atoms with Crippen LogP contribution in [-0.2, 0) is 53.2 Å². The summed E-state index contributed by atoms with van der Waals surface area (Å²) in [6.07, 6.45) is 13.2. The number of terminal acetylenes is 1. The van der Waals surface area contributed by atoms with Gasteiger partial charge in [-0.05, 0) is 68.1 Å². The summed E-state index contributed by atoms with van der Waals surface area (Å²) >= 11 is 0. The van der Waals surface area contributed by atoms with Crippen molar-refractivity contribution in [1.82, 2.24) is 25.2 Å². The molecule has 2 fully saturated rings. The van der Waals surface area contributed by atoms with E-state index in [1.807, 2.05) is 16.9 Å². The van der Waals surface area contributed by atoms with E-state index < -0.39 is 57.7 Å². The quantitative estimate of drug-likeness (QED) is 0.0943. The molecule has 2 heterocycles. The molecule has 3 atom stereocenters. The number of carbonyl (C=O) groups excluding carboxylic acids is 4. The number of aryl methyl sites for hydroxylation is 1. The van der Waals surface area contributed by atoms with Crippen LogP contribution >= 0.6 is 0 Å². The molecular weight excluding hydrogens is 678 g/mol. The Morgan fingerprint density at radius 3 is 2.53 bits per heavy atom. The van der Waals surface area contributed by atoms with Gasteiger partial charge in [0.2, 0.25) is 17.7 Å². The zero-order valence-electron chi connectivity index (χ0n) is 29.2. The lowest BCUT2D eigenvalue weighted by Gasteiger charge is -2.26. The summed E-state index contributed by atoms with van der Waals surface area (Å²) in [6.45, 7) is 5.98. The van der Waals surface area contributed by atoms with Gasteiger partial charge in [0.15, 0.2) is 0 Å². The number of hydrogen-bond donors (Lipinski definition) is 4. The Morgan fingerprint density at radius 1 is 1.14 bits per heavy atom. The second-order valence-corrected chi connectivity index (χ2v) is 14.8. The van der Waals surface area contributed by atoms with Gasteiger partial charge in [0.25, 0.3) is 5.91 Å². The molecule has 1 aliphatic carbocycles. The van der Waals surface area contributed by atoms with Crippen LogP contribution in [0.4, 0.5) is 4.79 Å². The summed E-state index contributed by atoms with van der Waals surface area (Å²) in [5.41, 5.74) is 2.55. The van der Waals surface area contributed by atoms with Crippen molar-refractivity contribution in [3.8, 4) is 12.3 Å². The molecule has 0 aromatic heterocycles. The lowest BCUT2D eigenvalue weighted by atomic mass is 9.98. The van der Waals surface area contributed by atoms with Crippen molar-refractivity contribution in [2.45, 2.75) is 115 Å². The average Bonchev–Trinajstić information content (AvgIpc) is 3.48. The first-order valence-corrected chi connectivity index (χ1v) is 19.0. The number of nitrogens with zero attached hydrogens (tertiary/aromatic N) is 2. The fraction of sp³-hybridized carbons (Fsp3) is 0.583. The van der Waals surface area contributed by atoms with Crippen molar-refractivity contribution < 1.29 is 41.7 Å². The fourth-order valence-electron chi connectivity index (χ4n) is 6.59. The Bertz CT molecular complexity index is 1640. The van der Waals surface area contributed by atoms with Gasteiger partial charge in [-0.3, -0.25) is 24.1 Å². The van der Waals surface area contributed by atoms with Gasteiger partial charge in [-0.2, -0.15) is 8.42 Å². The fourth-order valence-corrected chi connectivity index (χ4v) is 7.77. The van der Waals surface area contributed by atoms with E-state index in [-0.39, 0.29) is 38.3 Å². The SMILES string of the molecule is C#CC1CC(C(=O)NC(CC=C)C(=O)NS(=O)(=O)OC2(CC)CC2)N(C(=O)CNC(=O)CCCCCCCc2cccc3c2CN(C(=O)O)C3)C1. The average molecular weight is 728 g/mol. The number of carboxylic acid groups (broad SMARTS) is 1. The third kappa shape index (κ3) is 11.0. The number of nitrogens with one attached hydrogen (secondary N) is 3. The normalized spacial score (nSPS) is 19.4. The summed E-state index contributed by atoms with van der Waals surface area (Å²) in [4.78, 5) is 65.9. The van der Waals surface area contributed by atoms with Gasteiger partial charge in [-0.25, -0.2) is 13.7 Å². The van der Waals surface area contributed by atoms with Gasteiger partial charge >= 0.3 is 16.4 Å². The predicted octanol–water partition coefficient (Wildman–Crippen LogP) is 2.91. The maximum atomic E-state index is 13.3. The first-order chi connectivity index (χ1) is 24.3. The number of carbonyl (C=O) groups is 5. The molecule has 5 amide bonds. The largest absolute Gasteiger partial charge is 0.465 e. The van der Waals surface area contributed by atoms with Gasteiger partial charge < -0.3 is 20.6 Å². The highest BCUT2D eigenvalue weighted by Gasteiger charge is 2.47. The van der Waals surface area contributed by atoms with Crippen LogP contribution in [0.15, 0.2) is 30.9 Å². The predicted molar refractivity (Wildman–Crippen MR) is 188 cm³/mol. The van der Waals surface area contributed by atoms with Crippen LogP contribution in [-0.4, -0.2) is 83.8 Å². The van der Waals surface area contributed by atoms with E-state index in [9.17, 15) is 37.5 Å². The van der Waals surface area contributed by atoms with Crippen LogP contribution in [0.25, 0.3) is 0 Å². The highest BCUT2D eigenvalue weighted by molar-refractivity contribution is 7.85. The molecule has 3 aliphatic rings. The molecule has 4 rings (SSSR count). The second-order valence-electron chi connectivity index (χ2n) is 13.5. The Labute approximate surface area is 300 Å². The van der Waals surface area contributed by atoms with Crippen LogP contribution in [0.5, 0.6) is 0 Å². The maximum Gasteiger partial charge on any atom is 0.407 e. The van der Waals surface area contributed by atoms with Crippen molar-refractivity contribution in [3.63, 3.8) is 0 Å². The Morgan fingerprint density at radius 2 is 1.86 bits per heavy atom. The van der Waals surface area contributed by atoms with E-state index in [0.29, 0.717) is 38.8 Å². The van der Waals surface area contributed by atoms with Gasteiger partial charge in [-0.1, -0.05) is 50.5 Å². The zero-order chi connectivity index (χ0) is 37.2. The summed E-state index contributed by atoms with van der Waals surface area (Å²) in [5.74, 6) is -0.337. The maximum absolute atomic E-state index is 13.3. The van der Waals surface area contributed by atoms with Crippen LogP contribution < -0.4 is 15.4 Å². The minimum absolute atomic E-state index is 0.0798. The smallest absolute Gasteiger partial charge is 0.407 e. The zero-order valence-corrected chi connectivity index (χ0v) is 30.0. The lowest BCUT2D eigenvalue weighted by molar-refractivity contribution is -0.139. The van der Waals surface area contributed by atoms with Crippen molar-refractivity contribution in [2.75, 3.05) is 13.1 Å². The van der Waals surface area contributed by atoms with Crippen LogP contribution in [0.1, 0.15) is 94.2 Å². The number of benzene rings is 1. The molecule has 1 aromatic rings. The molecule has 0 spiro atoms. The summed E-state index contributed by atoms with van der Waals surface area (Å²) < 4.78 is 32.0. The van der Waals surface area contributed by atoms with Crippen molar-refractivity contribution in [2.24, 2.45) is 5.92 Å². The van der Waals surface area contributed by atoms with Crippen LogP contribution in [0.2, 0.25) is 0 Å². The van der Waals surface area contributed by atoms with Crippen LogP contribution in [0.3, 0.4) is 0 Å². The molecule has 0 bridgehead atoms. The molecule has 3 unspecified atom stereocenters. The van der Waals surface area contributed by atoms with Gasteiger partial charge in [0.1, 0.15) is 12.1 Å². The molecule has 278 valence electrons. The molecule has 2 aliphatic heterocycles. The van der Waals surface area contributed by atoms with E-state index in [2.05, 4.69) is 29.2 Å². The van der Waals surface area contributed by atoms with Gasteiger partial charge in [0, 0.05) is 32.0 Å². The van der Waals surface area contributed by atoms with E-state index in [1.54, 1.807) is 6.92 Å². The first-order valence-electron chi connectivity index (χ1n) is 17.6. The minimum Gasteiger partial charge on any atom is -0.465 e. The molecule has 1 saturated heterocycles. The monoisotopic (exact) mass is 727 g/mol. The number of hydrogen-bond acceptors (Lipinski definition) is 8. The number of rotatable bonds is 19. The first kappa shape index (κ1) is 39.4. The van der Waals surface area contributed by atoms with Gasteiger partial charge in [-0.15, -0.1) is 18.9 Å².